The van der Waals surface area contributed by atoms with Gasteiger partial charge in [-0.15, -0.1) is 0 Å². The Morgan fingerprint density at radius 2 is 1.81 bits per heavy atom. The molecule has 37 heavy (non-hydrogen) atoms. The number of aliphatic carboxylic acids is 1. The van der Waals surface area contributed by atoms with Gasteiger partial charge < -0.3 is 20.6 Å². The van der Waals surface area contributed by atoms with E-state index in [9.17, 15) is 23.5 Å². The van der Waals surface area contributed by atoms with Crippen LogP contribution in [0.15, 0.2) is 48.9 Å². The SMILES string of the molecule is CC(C)[C@H](Nc1ncc(C(=O)Nc2c(-c3ccccc3F)ccnc2N2CCC(C)(F)C2)cn1)C(=O)O. The van der Waals surface area contributed by atoms with Gasteiger partial charge in [0.25, 0.3) is 5.91 Å². The summed E-state index contributed by atoms with van der Waals surface area (Å²) in [5, 5.41) is 14.9. The van der Waals surface area contributed by atoms with Gasteiger partial charge in [0.2, 0.25) is 5.95 Å². The van der Waals surface area contributed by atoms with Gasteiger partial charge in [-0.25, -0.2) is 28.5 Å². The van der Waals surface area contributed by atoms with E-state index in [0.717, 1.165) is 0 Å². The van der Waals surface area contributed by atoms with Crippen molar-refractivity contribution in [2.24, 2.45) is 5.92 Å². The van der Waals surface area contributed by atoms with Crippen molar-refractivity contribution in [1.82, 2.24) is 15.0 Å². The van der Waals surface area contributed by atoms with Crippen LogP contribution in [-0.4, -0.2) is 56.7 Å². The number of hydrogen-bond acceptors (Lipinski definition) is 7. The highest BCUT2D eigenvalue weighted by Gasteiger charge is 2.36. The van der Waals surface area contributed by atoms with Gasteiger partial charge in [-0.3, -0.25) is 4.79 Å². The number of amides is 1. The molecular formula is C26H28F2N6O3. The molecule has 1 fully saturated rings. The lowest BCUT2D eigenvalue weighted by Gasteiger charge is -2.23. The Morgan fingerprint density at radius 3 is 2.41 bits per heavy atom. The third kappa shape index (κ3) is 5.82. The van der Waals surface area contributed by atoms with Crippen molar-refractivity contribution in [3.8, 4) is 11.1 Å². The Balaban J connectivity index is 1.66. The lowest BCUT2D eigenvalue weighted by atomic mass is 10.0. The molecule has 1 aliphatic heterocycles. The minimum absolute atomic E-state index is 0.0612. The quantitative estimate of drug-likeness (QED) is 0.408. The molecule has 0 radical (unpaired) electrons. The second-order valence-electron chi connectivity index (χ2n) is 9.58. The van der Waals surface area contributed by atoms with Crippen LogP contribution in [0.5, 0.6) is 0 Å². The van der Waals surface area contributed by atoms with E-state index >= 15 is 0 Å². The molecule has 1 unspecified atom stereocenters. The van der Waals surface area contributed by atoms with E-state index in [-0.39, 0.29) is 35.2 Å². The van der Waals surface area contributed by atoms with Crippen molar-refractivity contribution in [2.45, 2.75) is 38.9 Å². The van der Waals surface area contributed by atoms with E-state index in [1.807, 2.05) is 0 Å². The fraction of sp³-hybridized carbons (Fsp3) is 0.346. The Hall–Kier alpha value is -4.15. The van der Waals surface area contributed by atoms with Crippen LogP contribution < -0.4 is 15.5 Å². The Kier molecular flexibility index (Phi) is 7.33. The number of aromatic nitrogens is 3. The maximum atomic E-state index is 14.7. The minimum atomic E-state index is -1.42. The number of nitrogens with one attached hydrogen (secondary N) is 2. The van der Waals surface area contributed by atoms with E-state index in [4.69, 9.17) is 0 Å². The molecule has 0 bridgehead atoms. The van der Waals surface area contributed by atoms with Crippen LogP contribution in [0.2, 0.25) is 0 Å². The third-order valence-corrected chi connectivity index (χ3v) is 6.19. The zero-order valence-electron chi connectivity index (χ0n) is 20.7. The molecule has 1 aliphatic rings. The Bertz CT molecular complexity index is 1300. The molecule has 1 aromatic carbocycles. The Labute approximate surface area is 213 Å². The highest BCUT2D eigenvalue weighted by Crippen LogP contribution is 2.39. The average Bonchev–Trinajstić information content (AvgIpc) is 3.22. The first-order valence-corrected chi connectivity index (χ1v) is 11.9. The van der Waals surface area contributed by atoms with Gasteiger partial charge in [0.15, 0.2) is 5.82 Å². The summed E-state index contributed by atoms with van der Waals surface area (Å²) in [4.78, 5) is 38.9. The van der Waals surface area contributed by atoms with Gasteiger partial charge in [0.05, 0.1) is 17.8 Å². The number of carboxylic acids is 1. The molecule has 2 aromatic heterocycles. The number of hydrogen-bond donors (Lipinski definition) is 3. The van der Waals surface area contributed by atoms with Crippen LogP contribution in [-0.2, 0) is 4.79 Å². The van der Waals surface area contributed by atoms with Crippen LogP contribution in [0, 0.1) is 11.7 Å². The summed E-state index contributed by atoms with van der Waals surface area (Å²) in [5.41, 5.74) is -0.439. The smallest absolute Gasteiger partial charge is 0.326 e. The standard InChI is InChI=1S/C26H28F2N6O3/c1-15(2)20(24(36)37)33-25-30-12-16(13-31-25)23(35)32-21-18(17-6-4-5-7-19(17)27)8-10-29-22(21)34-11-9-26(3,28)14-34/h4-8,10,12-13,15,20H,9,11,14H2,1-3H3,(H,32,35)(H,36,37)(H,30,31,33)/t20-,26?/m0/s1. The third-order valence-electron chi connectivity index (χ3n) is 6.19. The van der Waals surface area contributed by atoms with Crippen molar-refractivity contribution >= 4 is 29.3 Å². The van der Waals surface area contributed by atoms with Crippen LogP contribution in [0.25, 0.3) is 11.1 Å². The van der Waals surface area contributed by atoms with Crippen molar-refractivity contribution in [2.75, 3.05) is 28.6 Å². The number of rotatable bonds is 8. The van der Waals surface area contributed by atoms with E-state index < -0.39 is 29.4 Å². The van der Waals surface area contributed by atoms with Crippen molar-refractivity contribution < 1.29 is 23.5 Å². The van der Waals surface area contributed by atoms with Gasteiger partial charge in [0.1, 0.15) is 17.5 Å². The van der Waals surface area contributed by atoms with Crippen molar-refractivity contribution in [3.05, 3.63) is 60.3 Å². The second kappa shape index (κ2) is 10.5. The van der Waals surface area contributed by atoms with Crippen molar-refractivity contribution in [1.29, 1.82) is 0 Å². The van der Waals surface area contributed by atoms with E-state index in [1.54, 1.807) is 43.0 Å². The monoisotopic (exact) mass is 510 g/mol. The maximum absolute atomic E-state index is 14.7. The molecule has 3 N–H and O–H groups in total. The van der Waals surface area contributed by atoms with Crippen LogP contribution in [0.4, 0.5) is 26.2 Å². The van der Waals surface area contributed by atoms with Crippen LogP contribution in [0.3, 0.4) is 0 Å². The fourth-order valence-electron chi connectivity index (χ4n) is 4.18. The van der Waals surface area contributed by atoms with Crippen LogP contribution in [0.1, 0.15) is 37.6 Å². The first kappa shape index (κ1) is 25.9. The normalized spacial score (nSPS) is 18.1. The molecule has 11 heteroatoms. The predicted molar refractivity (Wildman–Crippen MR) is 136 cm³/mol. The number of pyridine rings is 1. The molecule has 1 amide bonds. The lowest BCUT2D eigenvalue weighted by Crippen LogP contribution is -2.35. The molecular weight excluding hydrogens is 482 g/mol. The number of carboxylic acid groups (broad SMARTS) is 1. The molecule has 1 saturated heterocycles. The maximum Gasteiger partial charge on any atom is 0.326 e. The summed E-state index contributed by atoms with van der Waals surface area (Å²) >= 11 is 0. The van der Waals surface area contributed by atoms with Crippen LogP contribution >= 0.6 is 0 Å². The van der Waals surface area contributed by atoms with Gasteiger partial charge in [0, 0.05) is 42.7 Å². The number of anilines is 3. The molecule has 0 saturated carbocycles. The largest absolute Gasteiger partial charge is 0.480 e. The first-order chi connectivity index (χ1) is 17.6. The first-order valence-electron chi connectivity index (χ1n) is 11.9. The van der Waals surface area contributed by atoms with E-state index in [1.165, 1.54) is 31.6 Å². The van der Waals surface area contributed by atoms with Crippen molar-refractivity contribution in [3.63, 3.8) is 0 Å². The summed E-state index contributed by atoms with van der Waals surface area (Å²) < 4.78 is 29.4. The minimum Gasteiger partial charge on any atom is -0.480 e. The number of carbonyl (C=O) groups excluding carboxylic acids is 1. The number of alkyl halides is 1. The second-order valence-corrected chi connectivity index (χ2v) is 9.58. The molecule has 3 heterocycles. The molecule has 9 nitrogen and oxygen atoms in total. The number of nitrogens with zero attached hydrogens (tertiary/aromatic N) is 4. The Morgan fingerprint density at radius 1 is 1.11 bits per heavy atom. The average molecular weight is 511 g/mol. The number of carbonyl (C=O) groups is 2. The molecule has 2 atom stereocenters. The van der Waals surface area contributed by atoms with E-state index in [2.05, 4.69) is 25.6 Å². The summed E-state index contributed by atoms with van der Waals surface area (Å²) in [6.07, 6.45) is 4.31. The molecule has 4 rings (SSSR count). The topological polar surface area (TPSA) is 120 Å². The summed E-state index contributed by atoms with van der Waals surface area (Å²) in [5.74, 6) is -1.94. The molecule has 194 valence electrons. The summed E-state index contributed by atoms with van der Waals surface area (Å²) in [7, 11) is 0. The lowest BCUT2D eigenvalue weighted by molar-refractivity contribution is -0.138. The van der Waals surface area contributed by atoms with Gasteiger partial charge in [-0.1, -0.05) is 32.0 Å². The zero-order valence-corrected chi connectivity index (χ0v) is 20.7. The molecule has 3 aromatic rings. The summed E-state index contributed by atoms with van der Waals surface area (Å²) in [6, 6.07) is 6.84. The van der Waals surface area contributed by atoms with E-state index in [0.29, 0.717) is 24.3 Å². The number of benzene rings is 1. The highest BCUT2D eigenvalue weighted by molar-refractivity contribution is 6.08. The molecule has 0 spiro atoms. The van der Waals surface area contributed by atoms with Gasteiger partial charge in [-0.2, -0.15) is 0 Å². The highest BCUT2D eigenvalue weighted by atomic mass is 19.1. The predicted octanol–water partition coefficient (Wildman–Crippen LogP) is 4.39. The van der Waals surface area contributed by atoms with Gasteiger partial charge >= 0.3 is 5.97 Å². The zero-order chi connectivity index (χ0) is 26.7. The summed E-state index contributed by atoms with van der Waals surface area (Å²) in [6.45, 7) is 5.46. The number of halogens is 2. The fourth-order valence-corrected chi connectivity index (χ4v) is 4.18. The van der Waals surface area contributed by atoms with Gasteiger partial charge in [-0.05, 0) is 25.0 Å². The molecule has 0 aliphatic carbocycles.